The highest BCUT2D eigenvalue weighted by atomic mass is 32.1. The molecule has 1 aliphatic heterocycles. The average molecular weight is 238 g/mol. The van der Waals surface area contributed by atoms with E-state index in [1.807, 2.05) is 11.3 Å². The third-order valence-corrected chi connectivity index (χ3v) is 4.37. The summed E-state index contributed by atoms with van der Waals surface area (Å²) in [6, 6.07) is 2.28. The summed E-state index contributed by atoms with van der Waals surface area (Å²) < 4.78 is 0. The molecule has 0 unspecified atom stereocenters. The van der Waals surface area contributed by atoms with E-state index in [4.69, 9.17) is 0 Å². The van der Waals surface area contributed by atoms with Crippen LogP contribution in [0.15, 0.2) is 11.4 Å². The lowest BCUT2D eigenvalue weighted by Crippen LogP contribution is -2.44. The number of aryl methyl sites for hydroxylation is 2. The van der Waals surface area contributed by atoms with E-state index < -0.39 is 0 Å². The fourth-order valence-electron chi connectivity index (χ4n) is 2.24. The van der Waals surface area contributed by atoms with Gasteiger partial charge in [-0.1, -0.05) is 0 Å². The van der Waals surface area contributed by atoms with Crippen LogP contribution < -0.4 is 0 Å². The molecule has 16 heavy (non-hydrogen) atoms. The fraction of sp³-hybridized carbons (Fsp3) is 0.692. The number of likely N-dealkylation sites (N-methyl/N-ethyl adjacent to an activating group) is 1. The molecule has 0 saturated carbocycles. The van der Waals surface area contributed by atoms with Gasteiger partial charge in [0.1, 0.15) is 0 Å². The van der Waals surface area contributed by atoms with E-state index in [2.05, 4.69) is 35.2 Å². The molecule has 3 heteroatoms. The largest absolute Gasteiger partial charge is 0.304 e. The van der Waals surface area contributed by atoms with Crippen LogP contribution in [0.2, 0.25) is 0 Å². The Balaban J connectivity index is 1.67. The van der Waals surface area contributed by atoms with Gasteiger partial charge < -0.3 is 9.80 Å². The van der Waals surface area contributed by atoms with Crippen molar-refractivity contribution >= 4 is 11.3 Å². The molecule has 2 nitrogen and oxygen atoms in total. The topological polar surface area (TPSA) is 6.48 Å². The second-order valence-electron chi connectivity index (χ2n) is 4.75. The van der Waals surface area contributed by atoms with Crippen molar-refractivity contribution in [1.82, 2.24) is 9.80 Å². The Bertz CT molecular complexity index is 313. The van der Waals surface area contributed by atoms with Gasteiger partial charge in [-0.15, -0.1) is 11.3 Å². The number of piperazine rings is 1. The first kappa shape index (κ1) is 12.1. The number of hydrogen-bond acceptors (Lipinski definition) is 3. The lowest BCUT2D eigenvalue weighted by molar-refractivity contribution is 0.153. The fourth-order valence-corrected chi connectivity index (χ4v) is 2.99. The molecule has 1 fully saturated rings. The van der Waals surface area contributed by atoms with E-state index in [9.17, 15) is 0 Å². The Morgan fingerprint density at radius 2 is 2.00 bits per heavy atom. The molecule has 0 aromatic carbocycles. The highest BCUT2D eigenvalue weighted by Crippen LogP contribution is 2.16. The summed E-state index contributed by atoms with van der Waals surface area (Å²) in [5.74, 6) is 0. The van der Waals surface area contributed by atoms with Crippen LogP contribution in [0, 0.1) is 6.92 Å². The maximum absolute atomic E-state index is 2.60. The van der Waals surface area contributed by atoms with Crippen LogP contribution in [-0.4, -0.2) is 49.6 Å². The maximum atomic E-state index is 2.60. The molecule has 1 aromatic rings. The van der Waals surface area contributed by atoms with Crippen LogP contribution in [0.3, 0.4) is 0 Å². The van der Waals surface area contributed by atoms with Crippen LogP contribution >= 0.6 is 11.3 Å². The van der Waals surface area contributed by atoms with Gasteiger partial charge in [0.05, 0.1) is 0 Å². The average Bonchev–Trinajstić information content (AvgIpc) is 2.68. The standard InChI is InChI=1S/C13H22N2S/c1-12-13(5-11-16-12)4-3-6-15-9-7-14(2)8-10-15/h5,11H,3-4,6-10H2,1-2H3. The molecule has 2 heterocycles. The van der Waals surface area contributed by atoms with Crippen LogP contribution in [0.5, 0.6) is 0 Å². The lowest BCUT2D eigenvalue weighted by atomic mass is 10.1. The Hall–Kier alpha value is -0.380. The SMILES string of the molecule is Cc1sccc1CCCN1CCN(C)CC1. The minimum absolute atomic E-state index is 1.23. The number of hydrogen-bond donors (Lipinski definition) is 0. The van der Waals surface area contributed by atoms with Crippen molar-refractivity contribution in [1.29, 1.82) is 0 Å². The quantitative estimate of drug-likeness (QED) is 0.794. The third-order valence-electron chi connectivity index (χ3n) is 3.48. The zero-order valence-corrected chi connectivity index (χ0v) is 11.2. The summed E-state index contributed by atoms with van der Waals surface area (Å²) in [6.45, 7) is 8.46. The van der Waals surface area contributed by atoms with Crippen molar-refractivity contribution in [3.8, 4) is 0 Å². The summed E-state index contributed by atoms with van der Waals surface area (Å²) in [7, 11) is 2.21. The van der Waals surface area contributed by atoms with Gasteiger partial charge in [0.2, 0.25) is 0 Å². The molecule has 1 saturated heterocycles. The Labute approximate surface area is 103 Å². The van der Waals surface area contributed by atoms with Crippen molar-refractivity contribution in [2.45, 2.75) is 19.8 Å². The molecule has 0 aliphatic carbocycles. The third kappa shape index (κ3) is 3.30. The van der Waals surface area contributed by atoms with Crippen LogP contribution in [-0.2, 0) is 6.42 Å². The minimum atomic E-state index is 1.23. The van der Waals surface area contributed by atoms with E-state index in [-0.39, 0.29) is 0 Å². The predicted octanol–water partition coefficient (Wildman–Crippen LogP) is 2.24. The van der Waals surface area contributed by atoms with Crippen LogP contribution in [0.1, 0.15) is 16.9 Å². The molecule has 1 aliphatic rings. The molecule has 90 valence electrons. The van der Waals surface area contributed by atoms with Gasteiger partial charge in [-0.25, -0.2) is 0 Å². The van der Waals surface area contributed by atoms with Gasteiger partial charge in [0.15, 0.2) is 0 Å². The molecule has 0 N–H and O–H groups in total. The number of thiophene rings is 1. The molecule has 0 atom stereocenters. The maximum Gasteiger partial charge on any atom is 0.0110 e. The zero-order valence-electron chi connectivity index (χ0n) is 10.4. The van der Waals surface area contributed by atoms with Crippen molar-refractivity contribution in [2.75, 3.05) is 39.8 Å². The first-order chi connectivity index (χ1) is 7.75. The van der Waals surface area contributed by atoms with Gasteiger partial charge in [0.25, 0.3) is 0 Å². The van der Waals surface area contributed by atoms with Gasteiger partial charge in [-0.2, -0.15) is 0 Å². The highest BCUT2D eigenvalue weighted by Gasteiger charge is 2.12. The number of rotatable bonds is 4. The molecule has 0 radical (unpaired) electrons. The van der Waals surface area contributed by atoms with E-state index in [1.54, 1.807) is 5.56 Å². The van der Waals surface area contributed by atoms with E-state index in [0.717, 1.165) is 0 Å². The predicted molar refractivity (Wildman–Crippen MR) is 71.3 cm³/mol. The Kier molecular flexibility index (Phi) is 4.38. The van der Waals surface area contributed by atoms with Crippen molar-refractivity contribution in [2.24, 2.45) is 0 Å². The first-order valence-corrected chi connectivity index (χ1v) is 7.07. The van der Waals surface area contributed by atoms with Crippen molar-refractivity contribution in [3.63, 3.8) is 0 Å². The van der Waals surface area contributed by atoms with E-state index in [0.29, 0.717) is 0 Å². The van der Waals surface area contributed by atoms with Crippen LogP contribution in [0.4, 0.5) is 0 Å². The van der Waals surface area contributed by atoms with Crippen molar-refractivity contribution < 1.29 is 0 Å². The van der Waals surface area contributed by atoms with Gasteiger partial charge in [-0.05, 0) is 50.4 Å². The lowest BCUT2D eigenvalue weighted by Gasteiger charge is -2.32. The van der Waals surface area contributed by atoms with Gasteiger partial charge in [-0.3, -0.25) is 0 Å². The first-order valence-electron chi connectivity index (χ1n) is 6.19. The molecule has 0 amide bonds. The molecule has 1 aromatic heterocycles. The normalized spacial score (nSPS) is 19.1. The van der Waals surface area contributed by atoms with Crippen molar-refractivity contribution in [3.05, 3.63) is 21.9 Å². The molecular weight excluding hydrogens is 216 g/mol. The summed E-state index contributed by atoms with van der Waals surface area (Å²) in [4.78, 5) is 6.51. The summed E-state index contributed by atoms with van der Waals surface area (Å²) in [5.41, 5.74) is 1.55. The van der Waals surface area contributed by atoms with Gasteiger partial charge >= 0.3 is 0 Å². The van der Waals surface area contributed by atoms with E-state index in [1.165, 1.54) is 50.4 Å². The number of nitrogens with zero attached hydrogens (tertiary/aromatic N) is 2. The molecule has 2 rings (SSSR count). The van der Waals surface area contributed by atoms with Crippen LogP contribution in [0.25, 0.3) is 0 Å². The summed E-state index contributed by atoms with van der Waals surface area (Å²) >= 11 is 1.87. The molecular formula is C13H22N2S. The monoisotopic (exact) mass is 238 g/mol. The Morgan fingerprint density at radius 1 is 1.25 bits per heavy atom. The van der Waals surface area contributed by atoms with E-state index >= 15 is 0 Å². The minimum Gasteiger partial charge on any atom is -0.304 e. The Morgan fingerprint density at radius 3 is 2.62 bits per heavy atom. The molecule has 0 bridgehead atoms. The highest BCUT2D eigenvalue weighted by molar-refractivity contribution is 7.10. The van der Waals surface area contributed by atoms with Gasteiger partial charge in [0, 0.05) is 31.1 Å². The summed E-state index contributed by atoms with van der Waals surface area (Å²) in [5, 5.41) is 2.21. The smallest absolute Gasteiger partial charge is 0.0110 e. The summed E-state index contributed by atoms with van der Waals surface area (Å²) in [6.07, 6.45) is 2.56. The second kappa shape index (κ2) is 5.80. The second-order valence-corrected chi connectivity index (χ2v) is 5.87. The zero-order chi connectivity index (χ0) is 11.4. The molecule has 0 spiro atoms.